The number of H-pyrrole nitrogens is 2. The molecule has 1 saturated carbocycles. The molecule has 0 unspecified atom stereocenters. The molecule has 3 heteroatoms. The van der Waals surface area contributed by atoms with Crippen molar-refractivity contribution in [3.8, 4) is 0 Å². The molecule has 0 saturated heterocycles. The lowest BCUT2D eigenvalue weighted by Gasteiger charge is -2.34. The van der Waals surface area contributed by atoms with E-state index in [1.54, 1.807) is 0 Å². The SMILES string of the molecule is CC1(C)[C@@H]2CC[C@]1(C)c1[nH][nH]c(=O)c12. The van der Waals surface area contributed by atoms with Gasteiger partial charge < -0.3 is 5.10 Å². The van der Waals surface area contributed by atoms with Gasteiger partial charge in [0.2, 0.25) is 0 Å². The first-order valence-electron chi connectivity index (χ1n) is 5.29. The van der Waals surface area contributed by atoms with Crippen molar-refractivity contribution in [3.05, 3.63) is 21.6 Å². The van der Waals surface area contributed by atoms with Gasteiger partial charge in [0, 0.05) is 16.7 Å². The lowest BCUT2D eigenvalue weighted by Crippen LogP contribution is -2.32. The summed E-state index contributed by atoms with van der Waals surface area (Å²) < 4.78 is 0. The minimum atomic E-state index is 0.0986. The second kappa shape index (κ2) is 2.00. The summed E-state index contributed by atoms with van der Waals surface area (Å²) in [5.74, 6) is 0.456. The summed E-state index contributed by atoms with van der Waals surface area (Å²) in [5, 5.41) is 5.80. The number of aromatic nitrogens is 2. The van der Waals surface area contributed by atoms with Crippen LogP contribution in [0, 0.1) is 5.41 Å². The Hall–Kier alpha value is -0.990. The summed E-state index contributed by atoms with van der Waals surface area (Å²) >= 11 is 0. The van der Waals surface area contributed by atoms with Gasteiger partial charge >= 0.3 is 0 Å². The molecule has 0 spiro atoms. The zero-order valence-electron chi connectivity index (χ0n) is 8.90. The first-order chi connectivity index (χ1) is 6.48. The van der Waals surface area contributed by atoms with Crippen molar-refractivity contribution >= 4 is 0 Å². The van der Waals surface area contributed by atoms with Gasteiger partial charge in [-0.2, -0.15) is 0 Å². The fraction of sp³-hybridized carbons (Fsp3) is 0.727. The highest BCUT2D eigenvalue weighted by molar-refractivity contribution is 5.43. The Bertz CT molecular complexity index is 454. The Morgan fingerprint density at radius 2 is 2.00 bits per heavy atom. The number of hydrogen-bond donors (Lipinski definition) is 2. The minimum Gasteiger partial charge on any atom is -0.301 e. The van der Waals surface area contributed by atoms with E-state index in [4.69, 9.17) is 0 Å². The van der Waals surface area contributed by atoms with Gasteiger partial charge in [0.15, 0.2) is 0 Å². The molecular weight excluding hydrogens is 176 g/mol. The normalized spacial score (nSPS) is 37.5. The first-order valence-corrected chi connectivity index (χ1v) is 5.29. The van der Waals surface area contributed by atoms with Crippen molar-refractivity contribution in [2.45, 2.75) is 44.9 Å². The third kappa shape index (κ3) is 0.596. The zero-order valence-corrected chi connectivity index (χ0v) is 8.90. The van der Waals surface area contributed by atoms with Crippen LogP contribution in [0.3, 0.4) is 0 Å². The van der Waals surface area contributed by atoms with Gasteiger partial charge in [0.1, 0.15) is 0 Å². The van der Waals surface area contributed by atoms with Gasteiger partial charge in [-0.05, 0) is 24.2 Å². The number of nitrogens with one attached hydrogen (secondary N) is 2. The largest absolute Gasteiger partial charge is 0.301 e. The molecule has 0 radical (unpaired) electrons. The van der Waals surface area contributed by atoms with Crippen LogP contribution in [0.4, 0.5) is 0 Å². The molecule has 1 aromatic rings. The minimum absolute atomic E-state index is 0.0986. The number of rotatable bonds is 0. The fourth-order valence-electron chi connectivity index (χ4n) is 3.59. The smallest absolute Gasteiger partial charge is 0.267 e. The third-order valence-electron chi connectivity index (χ3n) is 4.94. The maximum Gasteiger partial charge on any atom is 0.267 e. The zero-order chi connectivity index (χ0) is 10.1. The van der Waals surface area contributed by atoms with E-state index in [-0.39, 0.29) is 16.4 Å². The standard InChI is InChI=1S/C11H16N2O/c1-10(2)6-4-5-11(10,3)8-7(6)9(14)13-12-8/h6H,4-5H2,1-3H3,(H2,12,13,14)/t6-,11-/m1/s1. The molecule has 1 fully saturated rings. The van der Waals surface area contributed by atoms with Gasteiger partial charge in [-0.3, -0.25) is 9.89 Å². The summed E-state index contributed by atoms with van der Waals surface area (Å²) in [6.45, 7) is 6.86. The van der Waals surface area contributed by atoms with Crippen LogP contribution in [0.5, 0.6) is 0 Å². The third-order valence-corrected chi connectivity index (χ3v) is 4.94. The number of aromatic amines is 2. The molecule has 1 heterocycles. The fourth-order valence-corrected chi connectivity index (χ4v) is 3.59. The van der Waals surface area contributed by atoms with E-state index in [1.165, 1.54) is 12.1 Å². The quantitative estimate of drug-likeness (QED) is 0.647. The summed E-state index contributed by atoms with van der Waals surface area (Å²) in [6, 6.07) is 0. The molecule has 14 heavy (non-hydrogen) atoms. The molecular formula is C11H16N2O. The predicted octanol–water partition coefficient (Wildman–Crippen LogP) is 1.88. The predicted molar refractivity (Wildman–Crippen MR) is 54.5 cm³/mol. The van der Waals surface area contributed by atoms with Crippen molar-refractivity contribution in [2.24, 2.45) is 5.41 Å². The Labute approximate surface area is 82.9 Å². The highest BCUT2D eigenvalue weighted by atomic mass is 16.1. The van der Waals surface area contributed by atoms with Crippen LogP contribution >= 0.6 is 0 Å². The van der Waals surface area contributed by atoms with Crippen LogP contribution in [-0.2, 0) is 5.41 Å². The van der Waals surface area contributed by atoms with Crippen LogP contribution in [0.15, 0.2) is 4.79 Å². The number of hydrogen-bond acceptors (Lipinski definition) is 1. The average molecular weight is 192 g/mol. The highest BCUT2D eigenvalue weighted by Gasteiger charge is 2.61. The lowest BCUT2D eigenvalue weighted by atomic mass is 9.70. The van der Waals surface area contributed by atoms with Gasteiger partial charge in [-0.1, -0.05) is 20.8 Å². The highest BCUT2D eigenvalue weighted by Crippen LogP contribution is 2.66. The Morgan fingerprint density at radius 3 is 2.64 bits per heavy atom. The first kappa shape index (κ1) is 8.33. The lowest BCUT2D eigenvalue weighted by molar-refractivity contribution is 0.225. The van der Waals surface area contributed by atoms with Crippen LogP contribution in [0.25, 0.3) is 0 Å². The summed E-state index contributed by atoms with van der Waals surface area (Å²) in [5.41, 5.74) is 2.71. The van der Waals surface area contributed by atoms with Crippen molar-refractivity contribution in [3.63, 3.8) is 0 Å². The van der Waals surface area contributed by atoms with Crippen molar-refractivity contribution < 1.29 is 0 Å². The van der Waals surface area contributed by atoms with Crippen LogP contribution in [-0.4, -0.2) is 10.2 Å². The molecule has 3 nitrogen and oxygen atoms in total. The Kier molecular flexibility index (Phi) is 1.19. The molecule has 0 aliphatic heterocycles. The van der Waals surface area contributed by atoms with E-state index >= 15 is 0 Å². The van der Waals surface area contributed by atoms with Gasteiger partial charge in [0.25, 0.3) is 5.56 Å². The maximum absolute atomic E-state index is 11.6. The molecule has 76 valence electrons. The molecule has 2 aliphatic carbocycles. The van der Waals surface area contributed by atoms with E-state index < -0.39 is 0 Å². The summed E-state index contributed by atoms with van der Waals surface area (Å²) in [4.78, 5) is 11.6. The van der Waals surface area contributed by atoms with Crippen LogP contribution < -0.4 is 5.56 Å². The maximum atomic E-state index is 11.6. The molecule has 0 amide bonds. The van der Waals surface area contributed by atoms with Gasteiger partial charge in [-0.15, -0.1) is 0 Å². The van der Waals surface area contributed by atoms with E-state index in [2.05, 4.69) is 31.0 Å². The molecule has 0 aromatic carbocycles. The Morgan fingerprint density at radius 1 is 1.29 bits per heavy atom. The van der Waals surface area contributed by atoms with Gasteiger partial charge in [0.05, 0.1) is 0 Å². The molecule has 2 atom stereocenters. The van der Waals surface area contributed by atoms with Crippen molar-refractivity contribution in [2.75, 3.05) is 0 Å². The van der Waals surface area contributed by atoms with Crippen LogP contribution in [0.1, 0.15) is 50.8 Å². The topological polar surface area (TPSA) is 48.6 Å². The van der Waals surface area contributed by atoms with E-state index in [0.29, 0.717) is 5.92 Å². The van der Waals surface area contributed by atoms with E-state index in [1.807, 2.05) is 0 Å². The van der Waals surface area contributed by atoms with E-state index in [9.17, 15) is 4.79 Å². The molecule has 1 aromatic heterocycles. The summed E-state index contributed by atoms with van der Waals surface area (Å²) in [7, 11) is 0. The number of fused-ring (bicyclic) bond motifs is 5. The average Bonchev–Trinajstić information content (AvgIpc) is 2.63. The van der Waals surface area contributed by atoms with Crippen LogP contribution in [0.2, 0.25) is 0 Å². The van der Waals surface area contributed by atoms with Crippen molar-refractivity contribution in [1.82, 2.24) is 10.2 Å². The summed E-state index contributed by atoms with van der Waals surface area (Å²) in [6.07, 6.45) is 2.36. The molecule has 3 rings (SSSR count). The molecule has 2 N–H and O–H groups in total. The van der Waals surface area contributed by atoms with Crippen molar-refractivity contribution in [1.29, 1.82) is 0 Å². The molecule has 2 bridgehead atoms. The van der Waals surface area contributed by atoms with Gasteiger partial charge in [-0.25, -0.2) is 0 Å². The monoisotopic (exact) mass is 192 g/mol. The second-order valence-electron chi connectivity index (χ2n) is 5.51. The second-order valence-corrected chi connectivity index (χ2v) is 5.51. The molecule has 2 aliphatic rings. The Balaban J connectivity index is 2.37. The van der Waals surface area contributed by atoms with E-state index in [0.717, 1.165) is 12.0 Å².